The van der Waals surface area contributed by atoms with Crippen molar-refractivity contribution in [2.45, 2.75) is 40.0 Å². The number of rotatable bonds is 2. The molecule has 0 aliphatic rings. The van der Waals surface area contributed by atoms with Crippen molar-refractivity contribution >= 4 is 0 Å². The van der Waals surface area contributed by atoms with Crippen LogP contribution >= 0.6 is 0 Å². The minimum Gasteiger partial charge on any atom is -0.265 e. The van der Waals surface area contributed by atoms with Gasteiger partial charge in [-0.2, -0.15) is 0 Å². The van der Waals surface area contributed by atoms with E-state index in [-0.39, 0.29) is 0 Å². The van der Waals surface area contributed by atoms with Crippen LogP contribution in [0.2, 0.25) is 0 Å². The monoisotopic (exact) mass is 165 g/mol. The molecule has 0 aliphatic carbocycles. The molecule has 0 unspecified atom stereocenters. The topological polar surface area (TPSA) is 12.9 Å². The highest BCUT2D eigenvalue weighted by Gasteiger charge is 1.85. The number of nitrogens with zero attached hydrogens (tertiary/aromatic N) is 1. The maximum Gasteiger partial charge on any atom is 0.0270 e. The molecular weight excluding hydrogens is 146 g/mol. The van der Waals surface area contributed by atoms with Crippen molar-refractivity contribution in [1.82, 2.24) is 4.98 Å². The predicted octanol–water partition coefficient (Wildman–Crippen LogP) is 3.45. The molecule has 0 fully saturated rings. The van der Waals surface area contributed by atoms with Gasteiger partial charge >= 0.3 is 0 Å². The Bertz CT molecular complexity index is 170. The van der Waals surface area contributed by atoms with E-state index in [2.05, 4.69) is 37.9 Å². The van der Waals surface area contributed by atoms with Crippen LogP contribution < -0.4 is 0 Å². The lowest BCUT2D eigenvalue weighted by Crippen LogP contribution is -1.80. The van der Waals surface area contributed by atoms with Gasteiger partial charge in [-0.25, -0.2) is 0 Å². The van der Waals surface area contributed by atoms with Gasteiger partial charge in [-0.05, 0) is 24.1 Å². The van der Waals surface area contributed by atoms with Gasteiger partial charge in [0.15, 0.2) is 0 Å². The van der Waals surface area contributed by atoms with Gasteiger partial charge in [-0.3, -0.25) is 4.98 Å². The maximum atomic E-state index is 3.93. The van der Waals surface area contributed by atoms with Crippen LogP contribution in [-0.4, -0.2) is 4.98 Å². The first-order chi connectivity index (χ1) is 5.85. The molecule has 1 nitrogen and oxygen atoms in total. The molecule has 1 aromatic rings. The Balaban J connectivity index is 0.000000354. The summed E-state index contributed by atoms with van der Waals surface area (Å²) in [6, 6.07) is 4.12. The van der Waals surface area contributed by atoms with E-state index in [1.54, 1.807) is 0 Å². The van der Waals surface area contributed by atoms with Crippen LogP contribution in [0.3, 0.4) is 0 Å². The third-order valence-corrected chi connectivity index (χ3v) is 1.29. The molecule has 0 aliphatic heterocycles. The van der Waals surface area contributed by atoms with E-state index in [4.69, 9.17) is 0 Å². The summed E-state index contributed by atoms with van der Waals surface area (Å²) in [5, 5.41) is 0. The summed E-state index contributed by atoms with van der Waals surface area (Å²) in [4.78, 5) is 3.93. The molecule has 68 valence electrons. The molecule has 1 heterocycles. The smallest absolute Gasteiger partial charge is 0.0270 e. The molecule has 0 N–H and O–H groups in total. The van der Waals surface area contributed by atoms with Crippen LogP contribution in [0.1, 0.15) is 39.2 Å². The first kappa shape index (κ1) is 11.2. The van der Waals surface area contributed by atoms with E-state index >= 15 is 0 Å². The van der Waals surface area contributed by atoms with Crippen molar-refractivity contribution in [3.8, 4) is 0 Å². The molecule has 1 rings (SSSR count). The predicted molar refractivity (Wildman–Crippen MR) is 54.2 cm³/mol. The van der Waals surface area contributed by atoms with E-state index in [1.807, 2.05) is 12.4 Å². The summed E-state index contributed by atoms with van der Waals surface area (Å²) in [6.45, 7) is 6.43. The zero-order valence-corrected chi connectivity index (χ0v) is 8.38. The highest BCUT2D eigenvalue weighted by molar-refractivity contribution is 5.09. The first-order valence-electron chi connectivity index (χ1n) is 4.74. The summed E-state index contributed by atoms with van der Waals surface area (Å²) < 4.78 is 0. The van der Waals surface area contributed by atoms with Gasteiger partial charge in [-0.1, -0.05) is 33.6 Å². The Morgan fingerprint density at radius 3 is 2.00 bits per heavy atom. The highest BCUT2D eigenvalue weighted by atomic mass is 14.6. The van der Waals surface area contributed by atoms with Crippen LogP contribution in [0.25, 0.3) is 0 Å². The van der Waals surface area contributed by atoms with Gasteiger partial charge in [0, 0.05) is 12.4 Å². The third-order valence-electron chi connectivity index (χ3n) is 1.29. The summed E-state index contributed by atoms with van der Waals surface area (Å²) in [5.41, 5.74) is 1.38. The number of aromatic nitrogens is 1. The van der Waals surface area contributed by atoms with Gasteiger partial charge in [0.05, 0.1) is 0 Å². The fraction of sp³-hybridized carbons (Fsp3) is 0.545. The Morgan fingerprint density at radius 1 is 1.08 bits per heavy atom. The second-order valence-corrected chi connectivity index (χ2v) is 2.81. The van der Waals surface area contributed by atoms with Crippen LogP contribution in [0, 0.1) is 0 Å². The van der Waals surface area contributed by atoms with E-state index < -0.39 is 0 Å². The fourth-order valence-electron chi connectivity index (χ4n) is 0.838. The molecule has 0 amide bonds. The fourth-order valence-corrected chi connectivity index (χ4v) is 0.838. The maximum absolute atomic E-state index is 3.93. The molecule has 0 spiro atoms. The molecule has 0 aromatic carbocycles. The summed E-state index contributed by atoms with van der Waals surface area (Å²) >= 11 is 0. The molecule has 0 bridgehead atoms. The van der Waals surface area contributed by atoms with E-state index in [9.17, 15) is 0 Å². The van der Waals surface area contributed by atoms with Crippen molar-refractivity contribution in [2.75, 3.05) is 0 Å². The largest absolute Gasteiger partial charge is 0.265 e. The van der Waals surface area contributed by atoms with Gasteiger partial charge in [0.25, 0.3) is 0 Å². The first-order valence-corrected chi connectivity index (χ1v) is 4.74. The second kappa shape index (κ2) is 8.25. The lowest BCUT2D eigenvalue weighted by atomic mass is 10.2. The molecule has 12 heavy (non-hydrogen) atoms. The zero-order valence-electron chi connectivity index (χ0n) is 8.38. The normalized spacial score (nSPS) is 8.58. The minimum atomic E-state index is 1.17. The lowest BCUT2D eigenvalue weighted by molar-refractivity contribution is 0.918. The van der Waals surface area contributed by atoms with Crippen LogP contribution in [-0.2, 0) is 6.42 Å². The lowest BCUT2D eigenvalue weighted by Gasteiger charge is -1.93. The Kier molecular flexibility index (Phi) is 7.66. The Labute approximate surface area is 75.8 Å². The second-order valence-electron chi connectivity index (χ2n) is 2.81. The number of hydrogen-bond acceptors (Lipinski definition) is 1. The standard InChI is InChI=1S/C8H11N.C3H8/c1-2-3-8-4-6-9-7-5-8;1-3-2/h4-7H,2-3H2,1H3;3H2,1-2H3. The van der Waals surface area contributed by atoms with Gasteiger partial charge in [-0.15, -0.1) is 0 Å². The third kappa shape index (κ3) is 5.90. The molecular formula is C11H19N. The highest BCUT2D eigenvalue weighted by Crippen LogP contribution is 1.98. The van der Waals surface area contributed by atoms with Gasteiger partial charge < -0.3 is 0 Å². The van der Waals surface area contributed by atoms with E-state index in [0.29, 0.717) is 0 Å². The number of pyridine rings is 1. The average Bonchev–Trinajstić information content (AvgIpc) is 2.08. The molecule has 0 radical (unpaired) electrons. The average molecular weight is 165 g/mol. The van der Waals surface area contributed by atoms with Gasteiger partial charge in [0.2, 0.25) is 0 Å². The van der Waals surface area contributed by atoms with Crippen LogP contribution in [0.15, 0.2) is 24.5 Å². The van der Waals surface area contributed by atoms with Crippen molar-refractivity contribution < 1.29 is 0 Å². The molecule has 0 saturated carbocycles. The molecule has 1 heteroatoms. The molecule has 1 aromatic heterocycles. The molecule has 0 saturated heterocycles. The van der Waals surface area contributed by atoms with E-state index in [1.165, 1.54) is 24.8 Å². The van der Waals surface area contributed by atoms with Crippen molar-refractivity contribution in [1.29, 1.82) is 0 Å². The van der Waals surface area contributed by atoms with Crippen molar-refractivity contribution in [3.63, 3.8) is 0 Å². The number of aryl methyl sites for hydroxylation is 1. The minimum absolute atomic E-state index is 1.17. The quantitative estimate of drug-likeness (QED) is 0.654. The SMILES string of the molecule is CCC.CCCc1ccncc1. The summed E-state index contributed by atoms with van der Waals surface area (Å²) in [6.07, 6.45) is 7.31. The number of hydrogen-bond donors (Lipinski definition) is 0. The van der Waals surface area contributed by atoms with E-state index in [0.717, 1.165) is 0 Å². The van der Waals surface area contributed by atoms with Crippen molar-refractivity contribution in [2.24, 2.45) is 0 Å². The van der Waals surface area contributed by atoms with Gasteiger partial charge in [0.1, 0.15) is 0 Å². The van der Waals surface area contributed by atoms with Crippen molar-refractivity contribution in [3.05, 3.63) is 30.1 Å². The zero-order chi connectivity index (χ0) is 9.23. The van der Waals surface area contributed by atoms with Crippen LogP contribution in [0.4, 0.5) is 0 Å². The Hall–Kier alpha value is -0.850. The summed E-state index contributed by atoms with van der Waals surface area (Å²) in [7, 11) is 0. The van der Waals surface area contributed by atoms with Crippen LogP contribution in [0.5, 0.6) is 0 Å². The molecule has 0 atom stereocenters. The Morgan fingerprint density at radius 2 is 1.58 bits per heavy atom. The summed E-state index contributed by atoms with van der Waals surface area (Å²) in [5.74, 6) is 0.